The molecule has 1 N–H and O–H groups in total. The average Bonchev–Trinajstić information content (AvgIpc) is 2.86. The van der Waals surface area contributed by atoms with Gasteiger partial charge in [0.2, 0.25) is 0 Å². The van der Waals surface area contributed by atoms with E-state index in [9.17, 15) is 14.4 Å². The van der Waals surface area contributed by atoms with Gasteiger partial charge in [-0.2, -0.15) is 5.26 Å². The number of carbonyl (C=O) groups is 1. The molecule has 0 aliphatic carbocycles. The first-order valence-corrected chi connectivity index (χ1v) is 11.2. The third-order valence-corrected chi connectivity index (χ3v) is 5.17. The zero-order valence-corrected chi connectivity index (χ0v) is 20.1. The summed E-state index contributed by atoms with van der Waals surface area (Å²) < 4.78 is 30.0. The molecule has 35 heavy (non-hydrogen) atoms. The van der Waals surface area contributed by atoms with Gasteiger partial charge in [-0.1, -0.05) is 35.9 Å². The molecule has 8 heteroatoms. The fourth-order valence-electron chi connectivity index (χ4n) is 3.19. The average molecular weight is 495 g/mol. The number of amides is 1. The van der Waals surface area contributed by atoms with Crippen molar-refractivity contribution < 1.29 is 23.4 Å². The Kier molecular flexibility index (Phi) is 9.10. The lowest BCUT2D eigenvalue weighted by Crippen LogP contribution is -2.23. The van der Waals surface area contributed by atoms with Crippen LogP contribution in [0.4, 0.5) is 4.39 Å². The van der Waals surface area contributed by atoms with Crippen molar-refractivity contribution in [2.75, 3.05) is 13.7 Å². The number of benzene rings is 3. The molecule has 0 fully saturated rings. The molecule has 0 aliphatic rings. The van der Waals surface area contributed by atoms with E-state index >= 15 is 0 Å². The van der Waals surface area contributed by atoms with Gasteiger partial charge in [0.15, 0.2) is 11.5 Å². The van der Waals surface area contributed by atoms with Crippen molar-refractivity contribution in [1.29, 1.82) is 5.26 Å². The summed E-state index contributed by atoms with van der Waals surface area (Å²) in [7, 11) is 1.58. The topological polar surface area (TPSA) is 80.6 Å². The number of carbonyl (C=O) groups excluding carboxylic acids is 1. The normalized spacial score (nSPS) is 10.9. The highest BCUT2D eigenvalue weighted by molar-refractivity contribution is 6.32. The van der Waals surface area contributed by atoms with E-state index in [4.69, 9.17) is 25.8 Å². The number of nitrogens with one attached hydrogen (secondary N) is 1. The fourth-order valence-corrected chi connectivity index (χ4v) is 3.47. The van der Waals surface area contributed by atoms with E-state index in [1.165, 1.54) is 18.2 Å². The molecule has 0 heterocycles. The molecule has 6 nitrogen and oxygen atoms in total. The molecule has 3 aromatic rings. The molecule has 3 aromatic carbocycles. The second-order valence-electron chi connectivity index (χ2n) is 7.38. The third kappa shape index (κ3) is 7.23. The second kappa shape index (κ2) is 12.4. The van der Waals surface area contributed by atoms with Crippen molar-refractivity contribution >= 4 is 23.6 Å². The first kappa shape index (κ1) is 25.6. The third-order valence-electron chi connectivity index (χ3n) is 4.89. The summed E-state index contributed by atoms with van der Waals surface area (Å²) in [6.07, 6.45) is 1.42. The van der Waals surface area contributed by atoms with Crippen LogP contribution >= 0.6 is 11.6 Å². The second-order valence-corrected chi connectivity index (χ2v) is 7.79. The van der Waals surface area contributed by atoms with Gasteiger partial charge in [0, 0.05) is 6.54 Å². The molecule has 0 saturated heterocycles. The van der Waals surface area contributed by atoms with Gasteiger partial charge < -0.3 is 19.5 Å². The lowest BCUT2D eigenvalue weighted by Gasteiger charge is -2.15. The van der Waals surface area contributed by atoms with Crippen LogP contribution in [-0.4, -0.2) is 19.6 Å². The number of hydrogen-bond donors (Lipinski definition) is 1. The number of ether oxygens (including phenoxy) is 3. The SMILES string of the molecule is CCOc1cc(/C=C(/C#N)C(=O)NCc2ccc(OC)cc2)cc(Cl)c1OCc1cccc(F)c1. The molecule has 1 amide bonds. The predicted octanol–water partition coefficient (Wildman–Crippen LogP) is 5.69. The molecule has 0 spiro atoms. The molecule has 0 atom stereocenters. The Labute approximate surface area is 208 Å². The largest absolute Gasteiger partial charge is 0.497 e. The predicted molar refractivity (Wildman–Crippen MR) is 132 cm³/mol. The Hall–Kier alpha value is -4.02. The quantitative estimate of drug-likeness (QED) is 0.289. The van der Waals surface area contributed by atoms with Crippen molar-refractivity contribution in [3.8, 4) is 23.3 Å². The van der Waals surface area contributed by atoms with E-state index in [-0.39, 0.29) is 35.3 Å². The molecule has 3 rings (SSSR count). The maximum absolute atomic E-state index is 13.5. The smallest absolute Gasteiger partial charge is 0.262 e. The molecule has 0 aromatic heterocycles. The number of hydrogen-bond acceptors (Lipinski definition) is 5. The maximum atomic E-state index is 13.5. The number of nitrogens with zero attached hydrogens (tertiary/aromatic N) is 1. The summed E-state index contributed by atoms with van der Waals surface area (Å²) in [5.74, 6) is 0.458. The van der Waals surface area contributed by atoms with E-state index in [2.05, 4.69) is 5.32 Å². The number of nitriles is 1. The molecule has 0 radical (unpaired) electrons. The number of halogens is 2. The van der Waals surface area contributed by atoms with Crippen LogP contribution in [0, 0.1) is 17.1 Å². The molecule has 0 unspecified atom stereocenters. The highest BCUT2D eigenvalue weighted by Crippen LogP contribution is 2.38. The number of methoxy groups -OCH3 is 1. The molecule has 0 bridgehead atoms. The molecule has 180 valence electrons. The van der Waals surface area contributed by atoms with Gasteiger partial charge in [-0.05, 0) is 66.1 Å². The minimum Gasteiger partial charge on any atom is -0.497 e. The minimum absolute atomic E-state index is 0.0873. The van der Waals surface area contributed by atoms with Crippen LogP contribution in [0.25, 0.3) is 6.08 Å². The van der Waals surface area contributed by atoms with Crippen molar-refractivity contribution in [1.82, 2.24) is 5.32 Å². The van der Waals surface area contributed by atoms with Gasteiger partial charge >= 0.3 is 0 Å². The Morgan fingerprint density at radius 2 is 1.89 bits per heavy atom. The fraction of sp³-hybridized carbons (Fsp3) is 0.185. The lowest BCUT2D eigenvalue weighted by atomic mass is 10.1. The van der Waals surface area contributed by atoms with Crippen LogP contribution in [0.15, 0.2) is 66.2 Å². The van der Waals surface area contributed by atoms with Gasteiger partial charge in [0.05, 0.1) is 18.7 Å². The Morgan fingerprint density at radius 3 is 2.54 bits per heavy atom. The van der Waals surface area contributed by atoms with E-state index < -0.39 is 5.91 Å². The van der Waals surface area contributed by atoms with E-state index in [1.54, 1.807) is 50.4 Å². The van der Waals surface area contributed by atoms with Gasteiger partial charge in [-0.25, -0.2) is 4.39 Å². The highest BCUT2D eigenvalue weighted by atomic mass is 35.5. The van der Waals surface area contributed by atoms with Crippen molar-refractivity contribution in [2.45, 2.75) is 20.1 Å². The monoisotopic (exact) mass is 494 g/mol. The number of rotatable bonds is 10. The van der Waals surface area contributed by atoms with Crippen LogP contribution < -0.4 is 19.5 Å². The van der Waals surface area contributed by atoms with Gasteiger partial charge in [-0.15, -0.1) is 0 Å². The van der Waals surface area contributed by atoms with Crippen molar-refractivity contribution in [3.63, 3.8) is 0 Å². The zero-order chi connectivity index (χ0) is 25.2. The molecular formula is C27H24ClFN2O4. The maximum Gasteiger partial charge on any atom is 0.262 e. The summed E-state index contributed by atoms with van der Waals surface area (Å²) in [6, 6.07) is 18.4. The van der Waals surface area contributed by atoms with Gasteiger partial charge in [0.25, 0.3) is 5.91 Å². The lowest BCUT2D eigenvalue weighted by molar-refractivity contribution is -0.117. The molecule has 0 aliphatic heterocycles. The summed E-state index contributed by atoms with van der Waals surface area (Å²) >= 11 is 6.44. The molecular weight excluding hydrogens is 471 g/mol. The van der Waals surface area contributed by atoms with Crippen LogP contribution in [0.1, 0.15) is 23.6 Å². The summed E-state index contributed by atoms with van der Waals surface area (Å²) in [4.78, 5) is 12.6. The summed E-state index contributed by atoms with van der Waals surface area (Å²) in [5.41, 5.74) is 1.89. The van der Waals surface area contributed by atoms with Crippen LogP contribution in [0.5, 0.6) is 17.2 Å². The van der Waals surface area contributed by atoms with Crippen LogP contribution in [-0.2, 0) is 17.9 Å². The highest BCUT2D eigenvalue weighted by Gasteiger charge is 2.15. The summed E-state index contributed by atoms with van der Waals surface area (Å²) in [5, 5.41) is 12.5. The van der Waals surface area contributed by atoms with Gasteiger partial charge in [-0.3, -0.25) is 4.79 Å². The first-order valence-electron chi connectivity index (χ1n) is 10.8. The Bertz CT molecular complexity index is 1250. The van der Waals surface area contributed by atoms with Crippen LogP contribution in [0.3, 0.4) is 0 Å². The van der Waals surface area contributed by atoms with Crippen molar-refractivity contribution in [2.24, 2.45) is 0 Å². The van der Waals surface area contributed by atoms with Crippen LogP contribution in [0.2, 0.25) is 5.02 Å². The Morgan fingerprint density at radius 1 is 1.11 bits per heavy atom. The van der Waals surface area contributed by atoms with Crippen molar-refractivity contribution in [3.05, 3.63) is 93.8 Å². The van der Waals surface area contributed by atoms with Gasteiger partial charge in [0.1, 0.15) is 29.8 Å². The minimum atomic E-state index is -0.524. The van der Waals surface area contributed by atoms with E-state index in [0.29, 0.717) is 29.2 Å². The zero-order valence-electron chi connectivity index (χ0n) is 19.3. The standard InChI is InChI=1S/C27H24ClFN2O4/c1-3-34-25-14-20(13-24(28)26(25)35-17-19-5-4-6-22(29)12-19)11-21(15-30)27(32)31-16-18-7-9-23(33-2)10-8-18/h4-14H,3,16-17H2,1-2H3,(H,31,32)/b21-11-. The Balaban J connectivity index is 1.76. The molecule has 0 saturated carbocycles. The van der Waals surface area contributed by atoms with E-state index in [1.807, 2.05) is 18.2 Å². The summed E-state index contributed by atoms with van der Waals surface area (Å²) in [6.45, 7) is 2.48. The van der Waals surface area contributed by atoms with E-state index in [0.717, 1.165) is 5.56 Å². The first-order chi connectivity index (χ1) is 16.9.